The van der Waals surface area contributed by atoms with Crippen molar-refractivity contribution in [2.75, 3.05) is 18.8 Å². The first-order valence-electron chi connectivity index (χ1n) is 8.96. The smallest absolute Gasteiger partial charge is 0.257 e. The van der Waals surface area contributed by atoms with E-state index in [0.29, 0.717) is 36.7 Å². The molecule has 0 radical (unpaired) electrons. The molecule has 0 unspecified atom stereocenters. The van der Waals surface area contributed by atoms with Crippen LogP contribution in [0, 0.1) is 11.6 Å². The van der Waals surface area contributed by atoms with Gasteiger partial charge in [-0.3, -0.25) is 4.79 Å². The van der Waals surface area contributed by atoms with Crippen molar-refractivity contribution in [3.8, 4) is 5.75 Å². The Bertz CT molecular complexity index is 953. The minimum Gasteiger partial charge on any atom is -0.487 e. The molecule has 1 aromatic heterocycles. The molecule has 2 aromatic carbocycles. The van der Waals surface area contributed by atoms with Gasteiger partial charge >= 0.3 is 0 Å². The van der Waals surface area contributed by atoms with E-state index in [4.69, 9.17) is 9.15 Å². The number of thioether (sulfide) groups is 1. The van der Waals surface area contributed by atoms with Gasteiger partial charge in [-0.2, -0.15) is 0 Å². The SMILES string of the molecule is O=C(CSc1nc2ccccc2o1)N1CCC(Oc2ccc(F)cc2F)CC1. The minimum atomic E-state index is -0.715. The van der Waals surface area contributed by atoms with Gasteiger partial charge in [-0.1, -0.05) is 23.9 Å². The van der Waals surface area contributed by atoms with Gasteiger partial charge in [0.15, 0.2) is 17.1 Å². The molecule has 0 bridgehead atoms. The van der Waals surface area contributed by atoms with Crippen LogP contribution in [0.2, 0.25) is 0 Å². The van der Waals surface area contributed by atoms with Gasteiger partial charge in [-0.05, 0) is 24.3 Å². The van der Waals surface area contributed by atoms with E-state index >= 15 is 0 Å². The van der Waals surface area contributed by atoms with Gasteiger partial charge in [0.1, 0.15) is 17.4 Å². The highest BCUT2D eigenvalue weighted by Crippen LogP contribution is 2.25. The maximum atomic E-state index is 13.7. The van der Waals surface area contributed by atoms with Crippen LogP contribution in [0.3, 0.4) is 0 Å². The molecular weight excluding hydrogens is 386 g/mol. The van der Waals surface area contributed by atoms with Crippen LogP contribution in [-0.4, -0.2) is 40.7 Å². The summed E-state index contributed by atoms with van der Waals surface area (Å²) in [5, 5.41) is 0.472. The predicted molar refractivity (Wildman–Crippen MR) is 101 cm³/mol. The number of benzene rings is 2. The largest absolute Gasteiger partial charge is 0.487 e. The van der Waals surface area contributed by atoms with Crippen molar-refractivity contribution < 1.29 is 22.7 Å². The topological polar surface area (TPSA) is 55.6 Å². The molecule has 0 atom stereocenters. The second kappa shape index (κ2) is 8.18. The number of carbonyl (C=O) groups is 1. The van der Waals surface area contributed by atoms with Crippen LogP contribution >= 0.6 is 11.8 Å². The van der Waals surface area contributed by atoms with Gasteiger partial charge in [-0.25, -0.2) is 13.8 Å². The van der Waals surface area contributed by atoms with E-state index in [2.05, 4.69) is 4.98 Å². The highest BCUT2D eigenvalue weighted by molar-refractivity contribution is 7.99. The Hall–Kier alpha value is -2.61. The Morgan fingerprint density at radius 3 is 2.75 bits per heavy atom. The van der Waals surface area contributed by atoms with E-state index in [-0.39, 0.29) is 23.5 Å². The van der Waals surface area contributed by atoms with Crippen molar-refractivity contribution in [2.24, 2.45) is 0 Å². The molecule has 0 N–H and O–H groups in total. The molecule has 4 rings (SSSR count). The van der Waals surface area contributed by atoms with Crippen LogP contribution < -0.4 is 4.74 Å². The molecule has 0 spiro atoms. The monoisotopic (exact) mass is 404 g/mol. The third-order valence-corrected chi connectivity index (χ3v) is 5.39. The predicted octanol–water partition coefficient (Wildman–Crippen LogP) is 4.27. The quantitative estimate of drug-likeness (QED) is 0.595. The standard InChI is InChI=1S/C20H18F2N2O3S/c21-13-5-6-17(15(22)11-13)26-14-7-9-24(10-8-14)19(25)12-28-20-23-16-3-1-2-4-18(16)27-20/h1-6,11,14H,7-10,12H2. The van der Waals surface area contributed by atoms with Crippen molar-refractivity contribution in [1.82, 2.24) is 9.88 Å². The van der Waals surface area contributed by atoms with Crippen molar-refractivity contribution in [2.45, 2.75) is 24.2 Å². The molecule has 0 saturated carbocycles. The van der Waals surface area contributed by atoms with Crippen molar-refractivity contribution >= 4 is 28.8 Å². The fourth-order valence-corrected chi connectivity index (χ4v) is 3.84. The van der Waals surface area contributed by atoms with Gasteiger partial charge in [0.05, 0.1) is 5.75 Å². The average Bonchev–Trinajstić information content (AvgIpc) is 3.12. The Morgan fingerprint density at radius 2 is 2.00 bits per heavy atom. The summed E-state index contributed by atoms with van der Waals surface area (Å²) in [4.78, 5) is 18.5. The number of aromatic nitrogens is 1. The molecule has 0 aliphatic carbocycles. The lowest BCUT2D eigenvalue weighted by Gasteiger charge is -2.32. The summed E-state index contributed by atoms with van der Waals surface area (Å²) in [5.74, 6) is -1.07. The fraction of sp³-hybridized carbons (Fsp3) is 0.300. The molecule has 1 saturated heterocycles. The third kappa shape index (κ3) is 4.27. The number of para-hydroxylation sites is 2. The summed E-state index contributed by atoms with van der Waals surface area (Å²) in [7, 11) is 0. The lowest BCUT2D eigenvalue weighted by atomic mass is 10.1. The normalized spacial score (nSPS) is 15.1. The van der Waals surface area contributed by atoms with Crippen LogP contribution in [0.4, 0.5) is 8.78 Å². The van der Waals surface area contributed by atoms with Crippen molar-refractivity contribution in [3.63, 3.8) is 0 Å². The first-order chi connectivity index (χ1) is 13.6. The maximum absolute atomic E-state index is 13.7. The van der Waals surface area contributed by atoms with Crippen LogP contribution in [0.25, 0.3) is 11.1 Å². The van der Waals surface area contributed by atoms with E-state index in [1.165, 1.54) is 23.9 Å². The summed E-state index contributed by atoms with van der Waals surface area (Å²) >= 11 is 1.27. The number of hydrogen-bond acceptors (Lipinski definition) is 5. The fourth-order valence-electron chi connectivity index (χ4n) is 3.10. The lowest BCUT2D eigenvalue weighted by Crippen LogP contribution is -2.42. The Kier molecular flexibility index (Phi) is 5.47. The third-order valence-electron chi connectivity index (χ3n) is 4.58. The highest BCUT2D eigenvalue weighted by atomic mass is 32.2. The lowest BCUT2D eigenvalue weighted by molar-refractivity contribution is -0.130. The molecule has 2 heterocycles. The first-order valence-corrected chi connectivity index (χ1v) is 9.95. The van der Waals surface area contributed by atoms with Crippen LogP contribution in [0.1, 0.15) is 12.8 Å². The molecule has 1 aliphatic rings. The first kappa shape index (κ1) is 18.7. The van der Waals surface area contributed by atoms with Gasteiger partial charge in [-0.15, -0.1) is 0 Å². The van der Waals surface area contributed by atoms with E-state index < -0.39 is 11.6 Å². The summed E-state index contributed by atoms with van der Waals surface area (Å²) < 4.78 is 37.9. The van der Waals surface area contributed by atoms with Crippen LogP contribution in [0.5, 0.6) is 5.75 Å². The molecule has 1 aliphatic heterocycles. The van der Waals surface area contributed by atoms with E-state index in [9.17, 15) is 13.6 Å². The zero-order valence-electron chi connectivity index (χ0n) is 14.9. The molecule has 1 amide bonds. The number of fused-ring (bicyclic) bond motifs is 1. The average molecular weight is 404 g/mol. The zero-order chi connectivity index (χ0) is 19.5. The number of rotatable bonds is 5. The number of oxazole rings is 1. The Morgan fingerprint density at radius 1 is 1.21 bits per heavy atom. The van der Waals surface area contributed by atoms with E-state index in [1.54, 1.807) is 4.90 Å². The zero-order valence-corrected chi connectivity index (χ0v) is 15.8. The van der Waals surface area contributed by atoms with Crippen LogP contribution in [0.15, 0.2) is 52.1 Å². The number of piperidine rings is 1. The maximum Gasteiger partial charge on any atom is 0.257 e. The second-order valence-corrected chi connectivity index (χ2v) is 7.44. The molecular formula is C20H18F2N2O3S. The van der Waals surface area contributed by atoms with Gasteiger partial charge in [0, 0.05) is 32.0 Å². The number of ether oxygens (including phenoxy) is 1. The summed E-state index contributed by atoms with van der Waals surface area (Å²) in [6.45, 7) is 1.06. The van der Waals surface area contributed by atoms with Gasteiger partial charge < -0.3 is 14.1 Å². The molecule has 1 fully saturated rings. The van der Waals surface area contributed by atoms with Crippen LogP contribution in [-0.2, 0) is 4.79 Å². The second-order valence-electron chi connectivity index (χ2n) is 6.51. The highest BCUT2D eigenvalue weighted by Gasteiger charge is 2.25. The molecule has 3 aromatic rings. The van der Waals surface area contributed by atoms with E-state index in [1.807, 2.05) is 24.3 Å². The number of carbonyl (C=O) groups excluding carboxylic acids is 1. The number of nitrogens with zero attached hydrogens (tertiary/aromatic N) is 2. The summed E-state index contributed by atoms with van der Waals surface area (Å²) in [6.07, 6.45) is 0.986. The minimum absolute atomic E-state index is 0.00123. The Labute approximate surface area is 164 Å². The number of likely N-dealkylation sites (tertiary alicyclic amines) is 1. The van der Waals surface area contributed by atoms with Crippen molar-refractivity contribution in [1.29, 1.82) is 0 Å². The molecule has 146 valence electrons. The van der Waals surface area contributed by atoms with E-state index in [0.717, 1.165) is 11.6 Å². The summed E-state index contributed by atoms with van der Waals surface area (Å²) in [5.41, 5.74) is 1.46. The molecule has 5 nitrogen and oxygen atoms in total. The number of halogens is 2. The number of amides is 1. The molecule has 8 heteroatoms. The Balaban J connectivity index is 1.26. The van der Waals surface area contributed by atoms with Gasteiger partial charge in [0.25, 0.3) is 5.22 Å². The van der Waals surface area contributed by atoms with Gasteiger partial charge in [0.2, 0.25) is 5.91 Å². The number of hydrogen-bond donors (Lipinski definition) is 0. The van der Waals surface area contributed by atoms with Crippen molar-refractivity contribution in [3.05, 3.63) is 54.1 Å². The molecule has 28 heavy (non-hydrogen) atoms. The summed E-state index contributed by atoms with van der Waals surface area (Å²) in [6, 6.07) is 10.7.